The number of H-pyrrole nitrogens is 1. The summed E-state index contributed by atoms with van der Waals surface area (Å²) in [4.78, 5) is 34.2. The second-order valence-corrected chi connectivity index (χ2v) is 6.81. The number of nitrogens with zero attached hydrogens (tertiary/aromatic N) is 2. The molecule has 1 saturated heterocycles. The maximum atomic E-state index is 12.6. The van der Waals surface area contributed by atoms with Crippen LogP contribution in [0.3, 0.4) is 0 Å². The van der Waals surface area contributed by atoms with Crippen LogP contribution in [0.5, 0.6) is 5.75 Å². The second-order valence-electron chi connectivity index (χ2n) is 6.81. The number of nitrogens with one attached hydrogen (secondary N) is 1. The lowest BCUT2D eigenvalue weighted by Crippen LogP contribution is -2.40. The number of hydrogen-bond acceptors (Lipinski definition) is 4. The highest BCUT2D eigenvalue weighted by Crippen LogP contribution is 2.24. The molecule has 132 valence electrons. The van der Waals surface area contributed by atoms with Gasteiger partial charge < -0.3 is 15.0 Å². The lowest BCUT2D eigenvalue weighted by Gasteiger charge is -2.31. The monoisotopic (exact) mass is 341 g/mol. The quantitative estimate of drug-likeness (QED) is 0.837. The molecule has 6 nitrogen and oxygen atoms in total. The average Bonchev–Trinajstić information content (AvgIpc) is 3.12. The van der Waals surface area contributed by atoms with Crippen LogP contribution in [0, 0.1) is 5.92 Å². The van der Waals surface area contributed by atoms with E-state index in [9.17, 15) is 14.7 Å². The minimum Gasteiger partial charge on any atom is -0.508 e. The summed E-state index contributed by atoms with van der Waals surface area (Å²) in [6.45, 7) is 5.16. The number of likely N-dealkylation sites (tertiary alicyclic amines) is 1. The summed E-state index contributed by atoms with van der Waals surface area (Å²) in [6, 6.07) is 6.34. The first-order valence-electron chi connectivity index (χ1n) is 8.63. The highest BCUT2D eigenvalue weighted by atomic mass is 16.3. The Labute approximate surface area is 146 Å². The number of benzene rings is 1. The van der Waals surface area contributed by atoms with Crippen LogP contribution in [0.15, 0.2) is 30.5 Å². The van der Waals surface area contributed by atoms with E-state index < -0.39 is 0 Å². The summed E-state index contributed by atoms with van der Waals surface area (Å²) in [5.74, 6) is 1.14. The second kappa shape index (κ2) is 7.09. The highest BCUT2D eigenvalue weighted by molar-refractivity contribution is 5.98. The summed E-state index contributed by atoms with van der Waals surface area (Å²) in [7, 11) is 0. The number of rotatable bonds is 4. The number of hydrogen-bond donors (Lipinski definition) is 2. The molecule has 0 aliphatic carbocycles. The van der Waals surface area contributed by atoms with E-state index in [1.54, 1.807) is 23.2 Å². The van der Waals surface area contributed by atoms with Gasteiger partial charge in [0, 0.05) is 30.5 Å². The van der Waals surface area contributed by atoms with Gasteiger partial charge in [0.1, 0.15) is 17.3 Å². The van der Waals surface area contributed by atoms with Crippen LogP contribution in [0.2, 0.25) is 0 Å². The van der Waals surface area contributed by atoms with Gasteiger partial charge in [-0.1, -0.05) is 13.8 Å². The van der Waals surface area contributed by atoms with E-state index in [4.69, 9.17) is 0 Å². The zero-order chi connectivity index (χ0) is 18.0. The molecule has 3 rings (SSSR count). The third-order valence-electron chi connectivity index (χ3n) is 4.68. The van der Waals surface area contributed by atoms with Gasteiger partial charge in [-0.2, -0.15) is 0 Å². The van der Waals surface area contributed by atoms with Gasteiger partial charge in [-0.15, -0.1) is 0 Å². The maximum Gasteiger partial charge on any atom is 0.271 e. The lowest BCUT2D eigenvalue weighted by molar-refractivity contribution is 0.0646. The SMILES string of the molecule is CC(C)c1ncc(C(=O)N2CCC(C(=O)c3ccc(O)cc3)CC2)[nH]1. The molecule has 2 heterocycles. The van der Waals surface area contributed by atoms with E-state index in [1.807, 2.05) is 13.8 Å². The largest absolute Gasteiger partial charge is 0.508 e. The van der Waals surface area contributed by atoms with Gasteiger partial charge in [-0.05, 0) is 37.1 Å². The molecule has 1 aliphatic heterocycles. The fourth-order valence-electron chi connectivity index (χ4n) is 3.12. The number of imidazole rings is 1. The van der Waals surface area contributed by atoms with Crippen molar-refractivity contribution in [3.8, 4) is 5.75 Å². The Morgan fingerprint density at radius 1 is 1.20 bits per heavy atom. The topological polar surface area (TPSA) is 86.3 Å². The number of aromatic nitrogens is 2. The van der Waals surface area contributed by atoms with Gasteiger partial charge in [0.2, 0.25) is 0 Å². The maximum absolute atomic E-state index is 12.6. The Morgan fingerprint density at radius 3 is 2.40 bits per heavy atom. The van der Waals surface area contributed by atoms with Crippen molar-refractivity contribution in [2.24, 2.45) is 5.92 Å². The molecule has 2 N–H and O–H groups in total. The van der Waals surface area contributed by atoms with E-state index in [1.165, 1.54) is 12.1 Å². The Morgan fingerprint density at radius 2 is 1.84 bits per heavy atom. The highest BCUT2D eigenvalue weighted by Gasteiger charge is 2.29. The molecule has 2 aromatic rings. The summed E-state index contributed by atoms with van der Waals surface area (Å²) in [5, 5.41) is 9.33. The van der Waals surface area contributed by atoms with Crippen LogP contribution in [0.25, 0.3) is 0 Å². The Kier molecular flexibility index (Phi) is 4.88. The number of aromatic hydroxyl groups is 1. The first kappa shape index (κ1) is 17.2. The Hall–Kier alpha value is -2.63. The van der Waals surface area contributed by atoms with Crippen molar-refractivity contribution in [3.63, 3.8) is 0 Å². The Bertz CT molecular complexity index is 756. The van der Waals surface area contributed by atoms with Gasteiger partial charge >= 0.3 is 0 Å². The van der Waals surface area contributed by atoms with Gasteiger partial charge in [0.15, 0.2) is 5.78 Å². The van der Waals surface area contributed by atoms with Gasteiger partial charge in [-0.3, -0.25) is 9.59 Å². The molecular weight excluding hydrogens is 318 g/mol. The van der Waals surface area contributed by atoms with E-state index in [0.717, 1.165) is 5.82 Å². The van der Waals surface area contributed by atoms with Crippen LogP contribution >= 0.6 is 0 Å². The third-order valence-corrected chi connectivity index (χ3v) is 4.68. The summed E-state index contributed by atoms with van der Waals surface area (Å²) in [5.41, 5.74) is 1.12. The molecule has 0 spiro atoms. The first-order chi connectivity index (χ1) is 12.0. The zero-order valence-electron chi connectivity index (χ0n) is 14.5. The molecule has 0 bridgehead atoms. The molecule has 1 aromatic heterocycles. The van der Waals surface area contributed by atoms with Crippen molar-refractivity contribution < 1.29 is 14.7 Å². The molecule has 25 heavy (non-hydrogen) atoms. The summed E-state index contributed by atoms with van der Waals surface area (Å²) in [6.07, 6.45) is 2.89. The van der Waals surface area contributed by atoms with Crippen molar-refractivity contribution in [2.75, 3.05) is 13.1 Å². The minimum absolute atomic E-state index is 0.0602. The normalized spacial score (nSPS) is 15.6. The smallest absolute Gasteiger partial charge is 0.271 e. The molecule has 1 fully saturated rings. The number of carbonyl (C=O) groups excluding carboxylic acids is 2. The predicted octanol–water partition coefficient (Wildman–Crippen LogP) is 2.97. The number of aromatic amines is 1. The van der Waals surface area contributed by atoms with Crippen LogP contribution in [0.1, 0.15) is 59.3 Å². The molecule has 1 aromatic carbocycles. The fourth-order valence-corrected chi connectivity index (χ4v) is 3.12. The number of phenolic OH excluding ortho intramolecular Hbond substituents is 1. The van der Waals surface area contributed by atoms with Crippen molar-refractivity contribution in [1.29, 1.82) is 0 Å². The molecule has 0 atom stereocenters. The molecular formula is C19H23N3O3. The van der Waals surface area contributed by atoms with Crippen LogP contribution in [-0.2, 0) is 0 Å². The van der Waals surface area contributed by atoms with E-state index >= 15 is 0 Å². The number of amides is 1. The lowest BCUT2D eigenvalue weighted by atomic mass is 9.89. The molecule has 0 saturated carbocycles. The van der Waals surface area contributed by atoms with E-state index in [0.29, 0.717) is 37.2 Å². The van der Waals surface area contributed by atoms with Crippen LogP contribution in [0.4, 0.5) is 0 Å². The fraction of sp³-hybridized carbons (Fsp3) is 0.421. The zero-order valence-corrected chi connectivity index (χ0v) is 14.5. The van der Waals surface area contributed by atoms with Crippen LogP contribution < -0.4 is 0 Å². The van der Waals surface area contributed by atoms with Crippen molar-refractivity contribution in [1.82, 2.24) is 14.9 Å². The number of Topliss-reactive ketones (excluding diaryl/α,β-unsaturated/α-hetero) is 1. The average molecular weight is 341 g/mol. The van der Waals surface area contributed by atoms with Crippen molar-refractivity contribution in [3.05, 3.63) is 47.5 Å². The third kappa shape index (κ3) is 3.73. The van der Waals surface area contributed by atoms with Gasteiger partial charge in [-0.25, -0.2) is 4.98 Å². The molecule has 0 unspecified atom stereocenters. The van der Waals surface area contributed by atoms with Crippen molar-refractivity contribution in [2.45, 2.75) is 32.6 Å². The van der Waals surface area contributed by atoms with Crippen LogP contribution in [-0.4, -0.2) is 44.8 Å². The molecule has 0 radical (unpaired) electrons. The van der Waals surface area contributed by atoms with E-state index in [2.05, 4.69) is 9.97 Å². The van der Waals surface area contributed by atoms with Gasteiger partial charge in [0.05, 0.1) is 6.20 Å². The molecule has 1 aliphatic rings. The number of ketones is 1. The number of phenols is 1. The predicted molar refractivity (Wildman–Crippen MR) is 93.7 cm³/mol. The minimum atomic E-state index is -0.0819. The van der Waals surface area contributed by atoms with E-state index in [-0.39, 0.29) is 29.3 Å². The molecule has 6 heteroatoms. The number of piperidine rings is 1. The van der Waals surface area contributed by atoms with Crippen molar-refractivity contribution >= 4 is 11.7 Å². The number of carbonyl (C=O) groups is 2. The summed E-state index contributed by atoms with van der Waals surface area (Å²) >= 11 is 0. The molecule has 1 amide bonds. The standard InChI is InChI=1S/C19H23N3O3/c1-12(2)18-20-11-16(21-18)19(25)22-9-7-14(8-10-22)17(24)13-3-5-15(23)6-4-13/h3-6,11-12,14,23H,7-10H2,1-2H3,(H,20,21). The summed E-state index contributed by atoms with van der Waals surface area (Å²) < 4.78 is 0. The Balaban J connectivity index is 1.60. The van der Waals surface area contributed by atoms with Gasteiger partial charge in [0.25, 0.3) is 5.91 Å². The first-order valence-corrected chi connectivity index (χ1v) is 8.63.